The minimum absolute atomic E-state index is 0.0965. The average Bonchev–Trinajstić information content (AvgIpc) is 3.36. The lowest BCUT2D eigenvalue weighted by atomic mass is 9.87. The molecular weight excluding hydrogens is 404 g/mol. The number of fused-ring (bicyclic) bond motifs is 1. The maximum Gasteiger partial charge on any atom is 0.237 e. The van der Waals surface area contributed by atoms with Crippen LogP contribution in [0.25, 0.3) is 11.4 Å². The molecule has 3 aromatic rings. The minimum atomic E-state index is 0.0965. The van der Waals surface area contributed by atoms with Gasteiger partial charge in [-0.15, -0.1) is 16.8 Å². The number of thioether (sulfide) groups is 1. The van der Waals surface area contributed by atoms with Crippen LogP contribution >= 0.6 is 11.8 Å². The molecule has 0 radical (unpaired) electrons. The summed E-state index contributed by atoms with van der Waals surface area (Å²) >= 11 is 1.43. The van der Waals surface area contributed by atoms with Crippen molar-refractivity contribution in [3.8, 4) is 11.4 Å². The summed E-state index contributed by atoms with van der Waals surface area (Å²) in [5.74, 6) is 1.22. The van der Waals surface area contributed by atoms with Gasteiger partial charge in [0.2, 0.25) is 5.91 Å². The lowest BCUT2D eigenvalue weighted by Crippen LogP contribution is -2.30. The van der Waals surface area contributed by atoms with Crippen molar-refractivity contribution >= 4 is 23.4 Å². The highest BCUT2D eigenvalue weighted by Gasteiger charge is 2.25. The Kier molecular flexibility index (Phi) is 6.01. The van der Waals surface area contributed by atoms with E-state index >= 15 is 0 Å². The lowest BCUT2D eigenvalue weighted by Gasteiger charge is -2.19. The van der Waals surface area contributed by atoms with Crippen LogP contribution in [0.5, 0.6) is 0 Å². The molecule has 1 aliphatic heterocycles. The summed E-state index contributed by atoms with van der Waals surface area (Å²) in [6, 6.07) is 16.6. The van der Waals surface area contributed by atoms with Crippen LogP contribution in [-0.2, 0) is 23.2 Å². The molecule has 6 heteroatoms. The van der Waals surface area contributed by atoms with Crippen LogP contribution in [0.1, 0.15) is 31.9 Å². The Morgan fingerprint density at radius 1 is 1.13 bits per heavy atom. The van der Waals surface area contributed by atoms with Crippen LogP contribution in [0.3, 0.4) is 0 Å². The zero-order valence-electron chi connectivity index (χ0n) is 18.3. The first-order chi connectivity index (χ1) is 14.9. The molecule has 5 nitrogen and oxygen atoms in total. The summed E-state index contributed by atoms with van der Waals surface area (Å²) in [6.45, 7) is 11.8. The first-order valence-electron chi connectivity index (χ1n) is 10.5. The molecule has 1 amide bonds. The van der Waals surface area contributed by atoms with Crippen molar-refractivity contribution < 1.29 is 4.79 Å². The van der Waals surface area contributed by atoms with Crippen molar-refractivity contribution in [2.24, 2.45) is 0 Å². The van der Waals surface area contributed by atoms with Gasteiger partial charge in [-0.3, -0.25) is 9.36 Å². The van der Waals surface area contributed by atoms with Gasteiger partial charge in [0, 0.05) is 24.3 Å². The molecule has 0 N–H and O–H groups in total. The number of rotatable bonds is 6. The number of nitrogens with zero attached hydrogens (tertiary/aromatic N) is 4. The number of hydrogen-bond donors (Lipinski definition) is 0. The third kappa shape index (κ3) is 4.44. The quantitative estimate of drug-likeness (QED) is 0.401. The van der Waals surface area contributed by atoms with E-state index in [0.717, 1.165) is 35.2 Å². The van der Waals surface area contributed by atoms with E-state index in [4.69, 9.17) is 0 Å². The number of allylic oxidation sites excluding steroid dienone is 1. The first kappa shape index (κ1) is 21.4. The van der Waals surface area contributed by atoms with Crippen molar-refractivity contribution in [2.45, 2.75) is 44.3 Å². The third-order valence-corrected chi connectivity index (χ3v) is 6.50. The van der Waals surface area contributed by atoms with Crippen molar-refractivity contribution in [3.05, 3.63) is 72.3 Å². The zero-order valence-corrected chi connectivity index (χ0v) is 19.2. The number of anilines is 1. The second-order valence-electron chi connectivity index (χ2n) is 8.75. The van der Waals surface area contributed by atoms with E-state index in [0.29, 0.717) is 12.3 Å². The van der Waals surface area contributed by atoms with Crippen LogP contribution in [-0.4, -0.2) is 33.0 Å². The van der Waals surface area contributed by atoms with E-state index < -0.39 is 0 Å². The molecule has 0 fully saturated rings. The molecule has 2 aromatic carbocycles. The Balaban J connectivity index is 1.51. The SMILES string of the molecule is C=CCn1c(SCC(=O)N2CCc3ccccc32)nnc1-c1ccc(C(C)(C)C)cc1. The summed E-state index contributed by atoms with van der Waals surface area (Å²) in [5.41, 5.74) is 4.64. The number of aromatic nitrogens is 3. The number of carbonyl (C=O) groups is 1. The monoisotopic (exact) mass is 432 g/mol. The molecule has 0 atom stereocenters. The van der Waals surface area contributed by atoms with E-state index in [9.17, 15) is 4.79 Å². The smallest absolute Gasteiger partial charge is 0.237 e. The van der Waals surface area contributed by atoms with E-state index in [1.165, 1.54) is 22.9 Å². The van der Waals surface area contributed by atoms with E-state index in [-0.39, 0.29) is 11.3 Å². The van der Waals surface area contributed by atoms with Crippen LogP contribution < -0.4 is 4.90 Å². The average molecular weight is 433 g/mol. The highest BCUT2D eigenvalue weighted by Crippen LogP contribution is 2.30. The molecule has 1 aromatic heterocycles. The number of benzene rings is 2. The third-order valence-electron chi connectivity index (χ3n) is 5.55. The number of para-hydroxylation sites is 1. The minimum Gasteiger partial charge on any atom is -0.311 e. The maximum atomic E-state index is 12.9. The van der Waals surface area contributed by atoms with Gasteiger partial charge in [-0.25, -0.2) is 0 Å². The molecule has 0 saturated heterocycles. The van der Waals surface area contributed by atoms with Gasteiger partial charge in [-0.2, -0.15) is 0 Å². The van der Waals surface area contributed by atoms with E-state index in [2.05, 4.69) is 67.9 Å². The van der Waals surface area contributed by atoms with Gasteiger partial charge in [-0.05, 0) is 29.0 Å². The van der Waals surface area contributed by atoms with Crippen LogP contribution in [0.2, 0.25) is 0 Å². The summed E-state index contributed by atoms with van der Waals surface area (Å²) in [6.07, 6.45) is 2.74. The molecule has 1 aliphatic rings. The van der Waals surface area contributed by atoms with Crippen molar-refractivity contribution in [3.63, 3.8) is 0 Å². The fourth-order valence-electron chi connectivity index (χ4n) is 3.82. The van der Waals surface area contributed by atoms with Crippen LogP contribution in [0, 0.1) is 0 Å². The summed E-state index contributed by atoms with van der Waals surface area (Å²) in [5, 5.41) is 9.54. The molecule has 31 heavy (non-hydrogen) atoms. The second-order valence-corrected chi connectivity index (χ2v) is 9.69. The van der Waals surface area contributed by atoms with Gasteiger partial charge in [0.05, 0.1) is 5.75 Å². The molecule has 0 aliphatic carbocycles. The van der Waals surface area contributed by atoms with Gasteiger partial charge in [0.25, 0.3) is 0 Å². The number of carbonyl (C=O) groups excluding carboxylic acids is 1. The fraction of sp³-hybridized carbons (Fsp3) is 0.320. The fourth-order valence-corrected chi connectivity index (χ4v) is 4.65. The van der Waals surface area contributed by atoms with E-state index in [1.807, 2.05) is 33.7 Å². The number of amides is 1. The van der Waals surface area contributed by atoms with Gasteiger partial charge >= 0.3 is 0 Å². The Bertz CT molecular complexity index is 1100. The van der Waals surface area contributed by atoms with Gasteiger partial charge < -0.3 is 4.90 Å². The largest absolute Gasteiger partial charge is 0.311 e. The van der Waals surface area contributed by atoms with Crippen LogP contribution in [0.15, 0.2) is 66.3 Å². The topological polar surface area (TPSA) is 51.0 Å². The van der Waals surface area contributed by atoms with Crippen molar-refractivity contribution in [1.29, 1.82) is 0 Å². The van der Waals surface area contributed by atoms with Gasteiger partial charge in [-0.1, -0.05) is 81.1 Å². The molecule has 0 unspecified atom stereocenters. The first-order valence-corrected chi connectivity index (χ1v) is 11.5. The Labute approximate surface area is 188 Å². The molecular formula is C25H28N4OS. The Hall–Kier alpha value is -2.86. The van der Waals surface area contributed by atoms with Crippen molar-refractivity contribution in [1.82, 2.24) is 14.8 Å². The molecule has 160 valence electrons. The summed E-state index contributed by atoms with van der Waals surface area (Å²) in [4.78, 5) is 14.8. The zero-order chi connectivity index (χ0) is 22.0. The summed E-state index contributed by atoms with van der Waals surface area (Å²) in [7, 11) is 0. The normalized spacial score (nSPS) is 13.3. The highest BCUT2D eigenvalue weighted by molar-refractivity contribution is 7.99. The Morgan fingerprint density at radius 2 is 1.87 bits per heavy atom. The molecule has 0 bridgehead atoms. The van der Waals surface area contributed by atoms with Crippen molar-refractivity contribution in [2.75, 3.05) is 17.2 Å². The summed E-state index contributed by atoms with van der Waals surface area (Å²) < 4.78 is 2.02. The standard InChI is InChI=1S/C25H28N4OS/c1-5-15-29-23(19-10-12-20(13-11-19)25(2,3)4)26-27-24(29)31-17-22(30)28-16-14-18-8-6-7-9-21(18)28/h5-13H,1,14-17H2,2-4H3. The molecule has 2 heterocycles. The maximum absolute atomic E-state index is 12.9. The van der Waals surface area contributed by atoms with Gasteiger partial charge in [0.1, 0.15) is 0 Å². The van der Waals surface area contributed by atoms with Crippen LogP contribution in [0.4, 0.5) is 5.69 Å². The molecule has 0 saturated carbocycles. The molecule has 0 spiro atoms. The highest BCUT2D eigenvalue weighted by atomic mass is 32.2. The second kappa shape index (κ2) is 8.71. The van der Waals surface area contributed by atoms with Gasteiger partial charge in [0.15, 0.2) is 11.0 Å². The lowest BCUT2D eigenvalue weighted by molar-refractivity contribution is -0.116. The van der Waals surface area contributed by atoms with E-state index in [1.54, 1.807) is 0 Å². The predicted molar refractivity (Wildman–Crippen MR) is 128 cm³/mol. The number of hydrogen-bond acceptors (Lipinski definition) is 4. The predicted octanol–water partition coefficient (Wildman–Crippen LogP) is 5.11. The Morgan fingerprint density at radius 3 is 2.58 bits per heavy atom. The molecule has 4 rings (SSSR count).